The molecule has 0 aromatic carbocycles. The molecular formula is C11H14N2O. The molecule has 1 N–H and O–H groups in total. The summed E-state index contributed by atoms with van der Waals surface area (Å²) in [7, 11) is 1.63. The van der Waals surface area contributed by atoms with E-state index in [0.29, 0.717) is 11.9 Å². The fourth-order valence-corrected chi connectivity index (χ4v) is 1.58. The molecule has 3 nitrogen and oxygen atoms in total. The number of nitrogens with one attached hydrogen (secondary N) is 1. The summed E-state index contributed by atoms with van der Waals surface area (Å²) in [5, 5.41) is 3.43. The second-order valence-corrected chi connectivity index (χ2v) is 3.37. The molecule has 0 unspecified atom stereocenters. The highest BCUT2D eigenvalue weighted by molar-refractivity contribution is 5.46. The standard InChI is InChI=1S/C11H14N2O/c1-14-11-8-10(6-7-12-11)13-9-4-2-3-5-9/h2-3,6-9H,4-5H2,1H3,(H,12,13). The van der Waals surface area contributed by atoms with Crippen molar-refractivity contribution in [3.63, 3.8) is 0 Å². The number of ether oxygens (including phenoxy) is 1. The summed E-state index contributed by atoms with van der Waals surface area (Å²) < 4.78 is 5.05. The van der Waals surface area contributed by atoms with Gasteiger partial charge in [-0.3, -0.25) is 0 Å². The van der Waals surface area contributed by atoms with E-state index in [0.717, 1.165) is 18.5 Å². The third-order valence-corrected chi connectivity index (χ3v) is 2.32. The Morgan fingerprint density at radius 1 is 1.43 bits per heavy atom. The summed E-state index contributed by atoms with van der Waals surface area (Å²) in [4.78, 5) is 4.05. The van der Waals surface area contributed by atoms with Gasteiger partial charge in [0.05, 0.1) is 7.11 Å². The maximum atomic E-state index is 5.05. The predicted molar refractivity (Wildman–Crippen MR) is 56.6 cm³/mol. The first-order valence-electron chi connectivity index (χ1n) is 4.80. The Morgan fingerprint density at radius 3 is 2.93 bits per heavy atom. The van der Waals surface area contributed by atoms with Crippen LogP contribution in [0.3, 0.4) is 0 Å². The zero-order valence-corrected chi connectivity index (χ0v) is 8.23. The molecule has 2 rings (SSSR count). The van der Waals surface area contributed by atoms with Gasteiger partial charge in [-0.25, -0.2) is 4.98 Å². The summed E-state index contributed by atoms with van der Waals surface area (Å²) in [6.45, 7) is 0. The molecule has 0 radical (unpaired) electrons. The number of nitrogens with zero attached hydrogens (tertiary/aromatic N) is 1. The minimum atomic E-state index is 0.530. The molecule has 14 heavy (non-hydrogen) atoms. The van der Waals surface area contributed by atoms with Gasteiger partial charge < -0.3 is 10.1 Å². The second kappa shape index (κ2) is 4.13. The van der Waals surface area contributed by atoms with Crippen LogP contribution in [0.15, 0.2) is 30.5 Å². The van der Waals surface area contributed by atoms with Crippen LogP contribution in [-0.4, -0.2) is 18.1 Å². The van der Waals surface area contributed by atoms with Crippen LogP contribution in [0, 0.1) is 0 Å². The van der Waals surface area contributed by atoms with E-state index >= 15 is 0 Å². The van der Waals surface area contributed by atoms with Gasteiger partial charge in [0.15, 0.2) is 0 Å². The minimum absolute atomic E-state index is 0.530. The Kier molecular flexibility index (Phi) is 2.68. The largest absolute Gasteiger partial charge is 0.481 e. The van der Waals surface area contributed by atoms with Crippen molar-refractivity contribution in [1.29, 1.82) is 0 Å². The van der Waals surface area contributed by atoms with Crippen LogP contribution in [0.2, 0.25) is 0 Å². The molecule has 1 heterocycles. The average Bonchev–Trinajstić information content (AvgIpc) is 2.71. The van der Waals surface area contributed by atoms with E-state index in [4.69, 9.17) is 4.74 Å². The summed E-state index contributed by atoms with van der Waals surface area (Å²) in [6.07, 6.45) is 8.37. The van der Waals surface area contributed by atoms with Crippen LogP contribution in [-0.2, 0) is 0 Å². The first-order chi connectivity index (χ1) is 6.88. The topological polar surface area (TPSA) is 34.1 Å². The van der Waals surface area contributed by atoms with Crippen LogP contribution in [0.1, 0.15) is 12.8 Å². The first-order valence-corrected chi connectivity index (χ1v) is 4.80. The van der Waals surface area contributed by atoms with Gasteiger partial charge in [0.1, 0.15) is 0 Å². The maximum absolute atomic E-state index is 5.05. The Balaban J connectivity index is 2.01. The molecule has 0 aliphatic heterocycles. The number of rotatable bonds is 3. The first kappa shape index (κ1) is 9.06. The zero-order valence-electron chi connectivity index (χ0n) is 8.23. The van der Waals surface area contributed by atoms with Gasteiger partial charge in [-0.15, -0.1) is 0 Å². The summed E-state index contributed by atoms with van der Waals surface area (Å²) in [6, 6.07) is 4.40. The van der Waals surface area contributed by atoms with Gasteiger partial charge in [0.25, 0.3) is 0 Å². The lowest BCUT2D eigenvalue weighted by molar-refractivity contribution is 0.398. The van der Waals surface area contributed by atoms with E-state index in [1.54, 1.807) is 13.3 Å². The minimum Gasteiger partial charge on any atom is -0.481 e. The molecule has 0 atom stereocenters. The number of anilines is 1. The Morgan fingerprint density at radius 2 is 2.21 bits per heavy atom. The molecular weight excluding hydrogens is 176 g/mol. The summed E-state index contributed by atoms with van der Waals surface area (Å²) >= 11 is 0. The van der Waals surface area contributed by atoms with Crippen molar-refractivity contribution in [1.82, 2.24) is 4.98 Å². The fraction of sp³-hybridized carbons (Fsp3) is 0.364. The van der Waals surface area contributed by atoms with Crippen molar-refractivity contribution in [3.05, 3.63) is 30.5 Å². The van der Waals surface area contributed by atoms with Gasteiger partial charge in [-0.1, -0.05) is 12.2 Å². The van der Waals surface area contributed by atoms with E-state index in [-0.39, 0.29) is 0 Å². The van der Waals surface area contributed by atoms with Crippen LogP contribution in [0.4, 0.5) is 5.69 Å². The van der Waals surface area contributed by atoms with Gasteiger partial charge >= 0.3 is 0 Å². The number of hydrogen-bond acceptors (Lipinski definition) is 3. The van der Waals surface area contributed by atoms with Crippen molar-refractivity contribution in [2.45, 2.75) is 18.9 Å². The van der Waals surface area contributed by atoms with Gasteiger partial charge in [-0.2, -0.15) is 0 Å². The molecule has 0 fully saturated rings. The van der Waals surface area contributed by atoms with E-state index in [1.165, 1.54) is 0 Å². The lowest BCUT2D eigenvalue weighted by Crippen LogP contribution is -2.14. The van der Waals surface area contributed by atoms with Crippen molar-refractivity contribution in [3.8, 4) is 5.88 Å². The molecule has 0 saturated carbocycles. The Hall–Kier alpha value is -1.51. The van der Waals surface area contributed by atoms with Crippen LogP contribution >= 0.6 is 0 Å². The van der Waals surface area contributed by atoms with E-state index in [2.05, 4.69) is 22.5 Å². The monoisotopic (exact) mass is 190 g/mol. The molecule has 3 heteroatoms. The molecule has 0 bridgehead atoms. The normalized spacial score (nSPS) is 15.8. The lowest BCUT2D eigenvalue weighted by Gasteiger charge is -2.13. The van der Waals surface area contributed by atoms with Crippen LogP contribution in [0.25, 0.3) is 0 Å². The maximum Gasteiger partial charge on any atom is 0.214 e. The molecule has 0 saturated heterocycles. The van der Waals surface area contributed by atoms with Crippen molar-refractivity contribution in [2.24, 2.45) is 0 Å². The second-order valence-electron chi connectivity index (χ2n) is 3.37. The zero-order chi connectivity index (χ0) is 9.80. The fourth-order valence-electron chi connectivity index (χ4n) is 1.58. The highest BCUT2D eigenvalue weighted by Gasteiger charge is 2.09. The Bertz CT molecular complexity index is 328. The molecule has 0 amide bonds. The van der Waals surface area contributed by atoms with E-state index in [9.17, 15) is 0 Å². The quantitative estimate of drug-likeness (QED) is 0.742. The average molecular weight is 190 g/mol. The van der Waals surface area contributed by atoms with E-state index < -0.39 is 0 Å². The SMILES string of the molecule is COc1cc(NC2CC=CC2)ccn1. The highest BCUT2D eigenvalue weighted by Crippen LogP contribution is 2.19. The molecule has 1 aromatic rings. The highest BCUT2D eigenvalue weighted by atomic mass is 16.5. The van der Waals surface area contributed by atoms with Crippen molar-refractivity contribution >= 4 is 5.69 Å². The van der Waals surface area contributed by atoms with Crippen molar-refractivity contribution < 1.29 is 4.74 Å². The number of methoxy groups -OCH3 is 1. The summed E-state index contributed by atoms with van der Waals surface area (Å²) in [5.41, 5.74) is 1.07. The van der Waals surface area contributed by atoms with Crippen LogP contribution in [0.5, 0.6) is 5.88 Å². The smallest absolute Gasteiger partial charge is 0.214 e. The molecule has 74 valence electrons. The third-order valence-electron chi connectivity index (χ3n) is 2.32. The molecule has 1 aromatic heterocycles. The van der Waals surface area contributed by atoms with E-state index in [1.807, 2.05) is 12.1 Å². The summed E-state index contributed by atoms with van der Waals surface area (Å²) in [5.74, 6) is 0.654. The van der Waals surface area contributed by atoms with Crippen LogP contribution < -0.4 is 10.1 Å². The molecule has 0 spiro atoms. The van der Waals surface area contributed by atoms with Crippen molar-refractivity contribution in [2.75, 3.05) is 12.4 Å². The predicted octanol–water partition coefficient (Wildman–Crippen LogP) is 2.22. The molecule has 1 aliphatic carbocycles. The van der Waals surface area contributed by atoms with Gasteiger partial charge in [0.2, 0.25) is 5.88 Å². The Labute approximate surface area is 83.8 Å². The number of hydrogen-bond donors (Lipinski definition) is 1. The van der Waals surface area contributed by atoms with Gasteiger partial charge in [0, 0.05) is 24.0 Å². The number of aromatic nitrogens is 1. The lowest BCUT2D eigenvalue weighted by atomic mass is 10.2. The third kappa shape index (κ3) is 2.05. The van der Waals surface area contributed by atoms with Gasteiger partial charge in [-0.05, 0) is 18.9 Å². The number of pyridine rings is 1. The molecule has 1 aliphatic rings.